The highest BCUT2D eigenvalue weighted by Crippen LogP contribution is 2.34. The Morgan fingerprint density at radius 3 is 2.86 bits per heavy atom. The smallest absolute Gasteiger partial charge is 0.0620 e. The van der Waals surface area contributed by atoms with Crippen molar-refractivity contribution in [1.82, 2.24) is 0 Å². The lowest BCUT2D eigenvalue weighted by atomic mass is 9.93. The predicted octanol–water partition coefficient (Wildman–Crippen LogP) is 3.90. The summed E-state index contributed by atoms with van der Waals surface area (Å²) in [5.41, 5.74) is 7.53. The first-order chi connectivity index (χ1) is 6.79. The Morgan fingerprint density at radius 1 is 1.43 bits per heavy atom. The summed E-state index contributed by atoms with van der Waals surface area (Å²) >= 11 is 7.71. The zero-order valence-electron chi connectivity index (χ0n) is 8.00. The minimum Gasteiger partial charge on any atom is -0.320 e. The number of nitrogens with two attached hydrogens (primary N) is 1. The third kappa shape index (κ3) is 2.02. The summed E-state index contributed by atoms with van der Waals surface area (Å²) in [7, 11) is 0. The quantitative estimate of drug-likeness (QED) is 0.762. The maximum atomic E-state index is 6.17. The van der Waals surface area contributed by atoms with Crippen LogP contribution in [0.25, 0.3) is 0 Å². The Labute approximate surface area is 93.6 Å². The molecule has 0 saturated carbocycles. The molecule has 1 atom stereocenters. The summed E-state index contributed by atoms with van der Waals surface area (Å²) in [4.78, 5) is 1.11. The van der Waals surface area contributed by atoms with Gasteiger partial charge < -0.3 is 5.73 Å². The van der Waals surface area contributed by atoms with E-state index >= 15 is 0 Å². The van der Waals surface area contributed by atoms with E-state index in [4.69, 9.17) is 17.3 Å². The van der Waals surface area contributed by atoms with Crippen molar-refractivity contribution in [2.24, 2.45) is 5.73 Å². The lowest BCUT2D eigenvalue weighted by molar-refractivity contribution is 0.652. The van der Waals surface area contributed by atoms with Gasteiger partial charge in [0.2, 0.25) is 0 Å². The summed E-state index contributed by atoms with van der Waals surface area (Å²) in [6.45, 7) is 0. The Kier molecular flexibility index (Phi) is 3.26. The monoisotopic (exact) mass is 227 g/mol. The van der Waals surface area contributed by atoms with Gasteiger partial charge in [-0.3, -0.25) is 0 Å². The van der Waals surface area contributed by atoms with Crippen LogP contribution in [-0.4, -0.2) is 0 Å². The Balaban J connectivity index is 2.19. The average Bonchev–Trinajstić information content (AvgIpc) is 2.65. The van der Waals surface area contributed by atoms with Crippen LogP contribution in [0.15, 0.2) is 23.1 Å². The van der Waals surface area contributed by atoms with Gasteiger partial charge in [-0.25, -0.2) is 0 Å². The molecular formula is C11H14ClNS. The molecule has 1 heterocycles. The fraction of sp³-hybridized carbons (Fsp3) is 0.455. The van der Waals surface area contributed by atoms with E-state index in [9.17, 15) is 0 Å². The Morgan fingerprint density at radius 2 is 2.29 bits per heavy atom. The summed E-state index contributed by atoms with van der Waals surface area (Å²) in [5, 5.41) is 2.81. The second-order valence-electron chi connectivity index (χ2n) is 3.64. The molecule has 3 heteroatoms. The molecular weight excluding hydrogens is 214 g/mol. The molecule has 1 aromatic rings. The van der Waals surface area contributed by atoms with Crippen LogP contribution in [0.1, 0.15) is 36.6 Å². The minimum atomic E-state index is 0.0304. The molecule has 2 rings (SSSR count). The van der Waals surface area contributed by atoms with Gasteiger partial charge in [-0.15, -0.1) is 11.3 Å². The number of thiophene rings is 1. The molecule has 1 aliphatic carbocycles. The fourth-order valence-electron chi connectivity index (χ4n) is 1.84. The topological polar surface area (TPSA) is 26.0 Å². The van der Waals surface area contributed by atoms with E-state index in [2.05, 4.69) is 6.08 Å². The molecule has 14 heavy (non-hydrogen) atoms. The third-order valence-electron chi connectivity index (χ3n) is 2.65. The first kappa shape index (κ1) is 10.2. The maximum absolute atomic E-state index is 6.17. The Bertz CT molecular complexity index is 343. The van der Waals surface area contributed by atoms with Crippen molar-refractivity contribution in [3.8, 4) is 0 Å². The van der Waals surface area contributed by atoms with Crippen LogP contribution in [-0.2, 0) is 0 Å². The van der Waals surface area contributed by atoms with Crippen LogP contribution in [0.2, 0.25) is 5.02 Å². The minimum absolute atomic E-state index is 0.0304. The Hall–Kier alpha value is -0.310. The van der Waals surface area contributed by atoms with Gasteiger partial charge in [-0.05, 0) is 37.1 Å². The van der Waals surface area contributed by atoms with E-state index in [1.54, 1.807) is 11.3 Å². The summed E-state index contributed by atoms with van der Waals surface area (Å²) in [5.74, 6) is 0. The first-order valence-corrected chi connectivity index (χ1v) is 6.22. The molecule has 76 valence electrons. The van der Waals surface area contributed by atoms with Crippen molar-refractivity contribution >= 4 is 22.9 Å². The molecule has 0 aliphatic heterocycles. The average molecular weight is 228 g/mol. The van der Waals surface area contributed by atoms with Gasteiger partial charge >= 0.3 is 0 Å². The van der Waals surface area contributed by atoms with Crippen molar-refractivity contribution in [2.45, 2.75) is 31.7 Å². The van der Waals surface area contributed by atoms with Crippen LogP contribution in [0.4, 0.5) is 0 Å². The first-order valence-electron chi connectivity index (χ1n) is 4.96. The normalized spacial score (nSPS) is 19.1. The predicted molar refractivity (Wildman–Crippen MR) is 62.8 cm³/mol. The van der Waals surface area contributed by atoms with E-state index in [0.29, 0.717) is 0 Å². The molecule has 0 spiro atoms. The fourth-order valence-corrected chi connectivity index (χ4v) is 3.06. The van der Waals surface area contributed by atoms with E-state index < -0.39 is 0 Å². The molecule has 0 radical (unpaired) electrons. The highest BCUT2D eigenvalue weighted by Gasteiger charge is 2.17. The SMILES string of the molecule is NC(C1=CCCCC1)c1sccc1Cl. The molecule has 2 N–H and O–H groups in total. The maximum Gasteiger partial charge on any atom is 0.0620 e. The van der Waals surface area contributed by atoms with Gasteiger partial charge in [0, 0.05) is 4.88 Å². The van der Waals surface area contributed by atoms with E-state index in [0.717, 1.165) is 16.3 Å². The number of hydrogen-bond acceptors (Lipinski definition) is 2. The zero-order chi connectivity index (χ0) is 9.97. The van der Waals surface area contributed by atoms with Crippen molar-refractivity contribution in [2.75, 3.05) is 0 Å². The molecule has 0 fully saturated rings. The largest absolute Gasteiger partial charge is 0.320 e. The van der Waals surface area contributed by atoms with Crippen LogP contribution >= 0.6 is 22.9 Å². The van der Waals surface area contributed by atoms with E-state index in [-0.39, 0.29) is 6.04 Å². The number of allylic oxidation sites excluding steroid dienone is 1. The van der Waals surface area contributed by atoms with Gasteiger partial charge in [0.05, 0.1) is 11.1 Å². The summed E-state index contributed by atoms with van der Waals surface area (Å²) < 4.78 is 0. The molecule has 1 nitrogen and oxygen atoms in total. The second kappa shape index (κ2) is 4.47. The van der Waals surface area contributed by atoms with E-state index in [1.165, 1.54) is 24.8 Å². The van der Waals surface area contributed by atoms with Crippen LogP contribution in [0.3, 0.4) is 0 Å². The van der Waals surface area contributed by atoms with Gasteiger partial charge in [-0.2, -0.15) is 0 Å². The van der Waals surface area contributed by atoms with Gasteiger partial charge in [0.25, 0.3) is 0 Å². The summed E-state index contributed by atoms with van der Waals surface area (Å²) in [6, 6.07) is 1.95. The van der Waals surface area contributed by atoms with Gasteiger partial charge in [0.1, 0.15) is 0 Å². The van der Waals surface area contributed by atoms with E-state index in [1.807, 2.05) is 11.4 Å². The molecule has 0 saturated heterocycles. The lowest BCUT2D eigenvalue weighted by Crippen LogP contribution is -2.13. The number of rotatable bonds is 2. The molecule has 1 aromatic heterocycles. The van der Waals surface area contributed by atoms with Crippen molar-refractivity contribution in [3.05, 3.63) is 33.0 Å². The molecule has 0 bridgehead atoms. The summed E-state index contributed by atoms with van der Waals surface area (Å²) in [6.07, 6.45) is 7.16. The molecule has 1 unspecified atom stereocenters. The van der Waals surface area contributed by atoms with Gasteiger partial charge in [-0.1, -0.05) is 23.3 Å². The zero-order valence-corrected chi connectivity index (χ0v) is 9.57. The lowest BCUT2D eigenvalue weighted by Gasteiger charge is -2.18. The molecule has 1 aliphatic rings. The highest BCUT2D eigenvalue weighted by molar-refractivity contribution is 7.10. The van der Waals surface area contributed by atoms with Gasteiger partial charge in [0.15, 0.2) is 0 Å². The molecule has 0 amide bonds. The van der Waals surface area contributed by atoms with Crippen LogP contribution in [0, 0.1) is 0 Å². The number of hydrogen-bond donors (Lipinski definition) is 1. The van der Waals surface area contributed by atoms with Crippen LogP contribution in [0.5, 0.6) is 0 Å². The highest BCUT2D eigenvalue weighted by atomic mass is 35.5. The van der Waals surface area contributed by atoms with Crippen molar-refractivity contribution in [3.63, 3.8) is 0 Å². The van der Waals surface area contributed by atoms with Crippen LogP contribution < -0.4 is 5.73 Å². The second-order valence-corrected chi connectivity index (χ2v) is 4.99. The molecule has 0 aromatic carbocycles. The van der Waals surface area contributed by atoms with Crippen molar-refractivity contribution < 1.29 is 0 Å². The number of halogens is 1. The standard InChI is InChI=1S/C11H14ClNS/c12-9-6-7-14-11(9)10(13)8-4-2-1-3-5-8/h4,6-7,10H,1-3,5,13H2. The van der Waals surface area contributed by atoms with Crippen molar-refractivity contribution in [1.29, 1.82) is 0 Å². The third-order valence-corrected chi connectivity index (χ3v) is 4.09.